The summed E-state index contributed by atoms with van der Waals surface area (Å²) in [5.41, 5.74) is 0.790. The number of hydrogen-bond acceptors (Lipinski definition) is 3. The Labute approximate surface area is 82.0 Å². The number of ketones is 1. The Morgan fingerprint density at radius 2 is 1.93 bits per heavy atom. The summed E-state index contributed by atoms with van der Waals surface area (Å²) in [5.74, 6) is -1.44. The van der Waals surface area contributed by atoms with Crippen molar-refractivity contribution in [3.63, 3.8) is 0 Å². The average molecular weight is 190 g/mol. The van der Waals surface area contributed by atoms with Crippen LogP contribution < -0.4 is 0 Å². The van der Waals surface area contributed by atoms with Gasteiger partial charge in [-0.25, -0.2) is 4.79 Å². The van der Waals surface area contributed by atoms with Gasteiger partial charge >= 0.3 is 5.97 Å². The maximum Gasteiger partial charge on any atom is 0.379 e. The second kappa shape index (κ2) is 4.97. The van der Waals surface area contributed by atoms with Gasteiger partial charge in [0.25, 0.3) is 0 Å². The average Bonchev–Trinajstić information content (AvgIpc) is 2.19. The molecule has 3 heteroatoms. The number of benzene rings is 1. The highest BCUT2D eigenvalue weighted by Crippen LogP contribution is 2.00. The van der Waals surface area contributed by atoms with Crippen molar-refractivity contribution in [3.05, 3.63) is 48.7 Å². The molecule has 0 saturated heterocycles. The van der Waals surface area contributed by atoms with Gasteiger partial charge < -0.3 is 4.74 Å². The van der Waals surface area contributed by atoms with Crippen LogP contribution in [-0.2, 0) is 20.7 Å². The van der Waals surface area contributed by atoms with Crippen molar-refractivity contribution < 1.29 is 14.3 Å². The zero-order valence-electron chi connectivity index (χ0n) is 7.60. The molecule has 0 aliphatic rings. The van der Waals surface area contributed by atoms with Gasteiger partial charge in [-0.3, -0.25) is 4.79 Å². The lowest BCUT2D eigenvalue weighted by atomic mass is 10.1. The van der Waals surface area contributed by atoms with E-state index in [-0.39, 0.29) is 6.42 Å². The van der Waals surface area contributed by atoms with Gasteiger partial charge in [0.1, 0.15) is 0 Å². The Bertz CT molecular complexity index is 341. The molecule has 3 nitrogen and oxygen atoms in total. The predicted molar refractivity (Wildman–Crippen MR) is 51.4 cm³/mol. The number of esters is 1. The summed E-state index contributed by atoms with van der Waals surface area (Å²) in [6.07, 6.45) is 1.01. The molecule has 0 aromatic heterocycles. The second-order valence-electron chi connectivity index (χ2n) is 2.66. The van der Waals surface area contributed by atoms with Gasteiger partial charge in [-0.1, -0.05) is 36.9 Å². The molecule has 0 atom stereocenters. The van der Waals surface area contributed by atoms with Gasteiger partial charge in [-0.15, -0.1) is 0 Å². The third-order valence-electron chi connectivity index (χ3n) is 1.63. The van der Waals surface area contributed by atoms with E-state index in [1.165, 1.54) is 0 Å². The fourth-order valence-electron chi connectivity index (χ4n) is 0.995. The summed E-state index contributed by atoms with van der Waals surface area (Å²) in [7, 11) is 0. The number of rotatable bonds is 4. The van der Waals surface area contributed by atoms with Gasteiger partial charge in [-0.05, 0) is 5.56 Å². The molecule has 0 heterocycles. The van der Waals surface area contributed by atoms with E-state index in [1.54, 1.807) is 24.3 Å². The molecule has 0 saturated carbocycles. The van der Waals surface area contributed by atoms with Crippen LogP contribution in [0.4, 0.5) is 0 Å². The molecule has 0 unspecified atom stereocenters. The van der Waals surface area contributed by atoms with E-state index in [9.17, 15) is 9.59 Å². The minimum Gasteiger partial charge on any atom is -0.429 e. The first-order valence-corrected chi connectivity index (χ1v) is 4.12. The number of Topliss-reactive ketones (excluding diaryl/α,β-unsaturated/α-hetero) is 1. The lowest BCUT2D eigenvalue weighted by molar-refractivity contribution is -0.149. The highest BCUT2D eigenvalue weighted by atomic mass is 16.5. The topological polar surface area (TPSA) is 43.4 Å². The smallest absolute Gasteiger partial charge is 0.379 e. The van der Waals surface area contributed by atoms with Crippen LogP contribution in [0.3, 0.4) is 0 Å². The third kappa shape index (κ3) is 2.86. The van der Waals surface area contributed by atoms with Crippen LogP contribution in [0.5, 0.6) is 0 Å². The van der Waals surface area contributed by atoms with Crippen LogP contribution in [0.15, 0.2) is 43.2 Å². The summed E-state index contributed by atoms with van der Waals surface area (Å²) in [5, 5.41) is 0. The monoisotopic (exact) mass is 190 g/mol. The predicted octanol–water partition coefficient (Wildman–Crippen LogP) is 1.48. The Morgan fingerprint density at radius 1 is 1.29 bits per heavy atom. The first kappa shape index (κ1) is 10.2. The van der Waals surface area contributed by atoms with Crippen LogP contribution >= 0.6 is 0 Å². The number of hydrogen-bond donors (Lipinski definition) is 0. The minimum absolute atomic E-state index is 0.0630. The molecule has 0 aliphatic heterocycles. The van der Waals surface area contributed by atoms with Crippen LogP contribution in [0.25, 0.3) is 0 Å². The molecule has 0 N–H and O–H groups in total. The van der Waals surface area contributed by atoms with Crippen LogP contribution in [0, 0.1) is 0 Å². The Balaban J connectivity index is 2.57. The lowest BCUT2D eigenvalue weighted by Gasteiger charge is -1.98. The van der Waals surface area contributed by atoms with Crippen LogP contribution in [0.1, 0.15) is 5.56 Å². The molecule has 0 spiro atoms. The lowest BCUT2D eigenvalue weighted by Crippen LogP contribution is -2.17. The van der Waals surface area contributed by atoms with E-state index >= 15 is 0 Å². The SMILES string of the molecule is C=COC(=O)C(=O)Cc1ccccc1. The molecule has 0 radical (unpaired) electrons. The molecular weight excluding hydrogens is 180 g/mol. The minimum atomic E-state index is -0.871. The Hall–Kier alpha value is -1.90. The highest BCUT2D eigenvalue weighted by Gasteiger charge is 2.14. The zero-order valence-corrected chi connectivity index (χ0v) is 7.60. The quantitative estimate of drug-likeness (QED) is 0.410. The van der Waals surface area contributed by atoms with E-state index in [0.717, 1.165) is 11.8 Å². The molecule has 0 amide bonds. The zero-order chi connectivity index (χ0) is 10.4. The number of carbonyl (C=O) groups excluding carboxylic acids is 2. The first-order chi connectivity index (χ1) is 6.74. The van der Waals surface area contributed by atoms with Gasteiger partial charge in [0.15, 0.2) is 0 Å². The normalized spacial score (nSPS) is 9.14. The maximum atomic E-state index is 11.2. The van der Waals surface area contributed by atoms with E-state index in [2.05, 4.69) is 11.3 Å². The number of ether oxygens (including phenoxy) is 1. The van der Waals surface area contributed by atoms with Gasteiger partial charge in [0.2, 0.25) is 5.78 Å². The van der Waals surface area contributed by atoms with E-state index in [4.69, 9.17) is 0 Å². The Kier molecular flexibility index (Phi) is 3.61. The standard InChI is InChI=1S/C11H10O3/c1-2-14-11(13)10(12)8-9-6-4-3-5-7-9/h2-7H,1,8H2. The van der Waals surface area contributed by atoms with Crippen molar-refractivity contribution in [2.45, 2.75) is 6.42 Å². The maximum absolute atomic E-state index is 11.2. The van der Waals surface area contributed by atoms with Crippen LogP contribution in [0.2, 0.25) is 0 Å². The second-order valence-corrected chi connectivity index (χ2v) is 2.66. The van der Waals surface area contributed by atoms with Crippen molar-refractivity contribution >= 4 is 11.8 Å². The molecule has 1 rings (SSSR count). The first-order valence-electron chi connectivity index (χ1n) is 4.12. The molecule has 14 heavy (non-hydrogen) atoms. The molecule has 0 fully saturated rings. The van der Waals surface area contributed by atoms with E-state index in [0.29, 0.717) is 0 Å². The molecule has 0 aliphatic carbocycles. The van der Waals surface area contributed by atoms with Crippen molar-refractivity contribution in [1.82, 2.24) is 0 Å². The van der Waals surface area contributed by atoms with E-state index in [1.807, 2.05) is 6.07 Å². The van der Waals surface area contributed by atoms with Crippen molar-refractivity contribution in [2.24, 2.45) is 0 Å². The summed E-state index contributed by atoms with van der Waals surface area (Å²) < 4.78 is 4.35. The fourth-order valence-corrected chi connectivity index (χ4v) is 0.995. The van der Waals surface area contributed by atoms with Crippen molar-refractivity contribution in [1.29, 1.82) is 0 Å². The van der Waals surface area contributed by atoms with Crippen molar-refractivity contribution in [2.75, 3.05) is 0 Å². The molecule has 1 aromatic rings. The van der Waals surface area contributed by atoms with Gasteiger partial charge in [0, 0.05) is 6.42 Å². The van der Waals surface area contributed by atoms with E-state index < -0.39 is 11.8 Å². The summed E-state index contributed by atoms with van der Waals surface area (Å²) in [6, 6.07) is 9.01. The largest absolute Gasteiger partial charge is 0.429 e. The molecule has 72 valence electrons. The van der Waals surface area contributed by atoms with Gasteiger partial charge in [-0.2, -0.15) is 0 Å². The summed E-state index contributed by atoms with van der Waals surface area (Å²) in [4.78, 5) is 22.1. The molecule has 0 bridgehead atoms. The van der Waals surface area contributed by atoms with Crippen LogP contribution in [-0.4, -0.2) is 11.8 Å². The summed E-state index contributed by atoms with van der Waals surface area (Å²) in [6.45, 7) is 3.19. The third-order valence-corrected chi connectivity index (χ3v) is 1.63. The Morgan fingerprint density at radius 3 is 2.50 bits per heavy atom. The number of carbonyl (C=O) groups is 2. The molecular formula is C11H10O3. The fraction of sp³-hybridized carbons (Fsp3) is 0.0909. The van der Waals surface area contributed by atoms with Crippen molar-refractivity contribution in [3.8, 4) is 0 Å². The molecule has 1 aromatic carbocycles. The highest BCUT2D eigenvalue weighted by molar-refractivity contribution is 6.34. The van der Waals surface area contributed by atoms with Gasteiger partial charge in [0.05, 0.1) is 6.26 Å². The summed E-state index contributed by atoms with van der Waals surface area (Å²) >= 11 is 0.